The van der Waals surface area contributed by atoms with Crippen LogP contribution in [-0.2, 0) is 23.9 Å². The van der Waals surface area contributed by atoms with Crippen molar-refractivity contribution in [2.75, 3.05) is 0 Å². The molecular weight excluding hydrogens is 490 g/mol. The van der Waals surface area contributed by atoms with E-state index in [9.17, 15) is 24.0 Å². The fraction of sp³-hybridized carbons (Fsp3) is 0.815. The Morgan fingerprint density at radius 3 is 1.87 bits per heavy atom. The highest BCUT2D eigenvalue weighted by Crippen LogP contribution is 2.28. The second-order valence-electron chi connectivity index (χ2n) is 14.2. The second-order valence-corrected chi connectivity index (χ2v) is 14.2. The van der Waals surface area contributed by atoms with Crippen molar-refractivity contribution in [3.05, 3.63) is 0 Å². The van der Waals surface area contributed by atoms with Gasteiger partial charge in [0.1, 0.15) is 23.7 Å². The van der Waals surface area contributed by atoms with Crippen LogP contribution in [0.4, 0.5) is 4.79 Å². The van der Waals surface area contributed by atoms with Crippen LogP contribution in [0.5, 0.6) is 0 Å². The fourth-order valence-electron chi connectivity index (χ4n) is 4.37. The molecule has 1 rings (SSSR count). The second kappa shape index (κ2) is 11.9. The van der Waals surface area contributed by atoms with Gasteiger partial charge >= 0.3 is 6.09 Å². The lowest BCUT2D eigenvalue weighted by molar-refractivity contribution is -0.134. The molecule has 38 heavy (non-hydrogen) atoms. The first-order valence-electron chi connectivity index (χ1n) is 13.1. The Hall–Kier alpha value is -2.85. The maximum absolute atomic E-state index is 13.4. The molecule has 11 heteroatoms. The lowest BCUT2D eigenvalue weighted by atomic mass is 9.84. The van der Waals surface area contributed by atoms with E-state index in [0.717, 1.165) is 0 Å². The predicted molar refractivity (Wildman–Crippen MR) is 145 cm³/mol. The molecule has 4 atom stereocenters. The van der Waals surface area contributed by atoms with Crippen LogP contribution in [0.15, 0.2) is 0 Å². The molecular formula is C27H49N5O6. The summed E-state index contributed by atoms with van der Waals surface area (Å²) in [6.45, 7) is 20.0. The molecule has 0 spiro atoms. The number of ether oxygens (including phenoxy) is 1. The summed E-state index contributed by atoms with van der Waals surface area (Å²) in [4.78, 5) is 63.8. The van der Waals surface area contributed by atoms with Crippen molar-refractivity contribution < 1.29 is 28.7 Å². The summed E-state index contributed by atoms with van der Waals surface area (Å²) < 4.78 is 5.32. The summed E-state index contributed by atoms with van der Waals surface area (Å²) in [7, 11) is 0. The average molecular weight is 540 g/mol. The van der Waals surface area contributed by atoms with Crippen LogP contribution in [0.25, 0.3) is 0 Å². The molecule has 1 aliphatic rings. The molecule has 1 aliphatic heterocycles. The largest absolute Gasteiger partial charge is 0.444 e. The Labute approximate surface area is 227 Å². The van der Waals surface area contributed by atoms with E-state index in [-0.39, 0.29) is 24.2 Å². The number of carbonyl (C=O) groups excluding carboxylic acids is 5. The van der Waals surface area contributed by atoms with Gasteiger partial charge in [0.25, 0.3) is 0 Å². The molecule has 0 unspecified atom stereocenters. The third-order valence-corrected chi connectivity index (χ3v) is 6.01. The standard InChI is InChI=1S/C27H49N5O6/c1-24(2,3)14-17(30-22(36)18(25(4,5)6)31-23(37)38-26(7,8)9)21(35)29-16(19(28)33)12-15-13-27(10,11)32-20(15)34/h15-18H,12-14H2,1-11H3,(H2,28,33)(H,29,35)(H,30,36)(H,31,37)(H,32,34)/t15-,16+,17+,18-/m1/s1. The van der Waals surface area contributed by atoms with Gasteiger partial charge in [-0.2, -0.15) is 0 Å². The molecule has 5 amide bonds. The Morgan fingerprint density at radius 1 is 0.947 bits per heavy atom. The molecule has 0 aromatic carbocycles. The maximum Gasteiger partial charge on any atom is 0.408 e. The lowest BCUT2D eigenvalue weighted by Gasteiger charge is -2.34. The van der Waals surface area contributed by atoms with Crippen molar-refractivity contribution in [2.45, 2.75) is 125 Å². The zero-order valence-corrected chi connectivity index (χ0v) is 25.0. The molecule has 0 aromatic rings. The van der Waals surface area contributed by atoms with Crippen LogP contribution in [0.2, 0.25) is 0 Å². The highest BCUT2D eigenvalue weighted by atomic mass is 16.6. The molecule has 218 valence electrons. The van der Waals surface area contributed by atoms with E-state index in [4.69, 9.17) is 10.5 Å². The number of primary amides is 1. The van der Waals surface area contributed by atoms with E-state index in [0.29, 0.717) is 6.42 Å². The van der Waals surface area contributed by atoms with Crippen LogP contribution < -0.4 is 27.0 Å². The van der Waals surface area contributed by atoms with Crippen molar-refractivity contribution in [3.8, 4) is 0 Å². The topological polar surface area (TPSA) is 169 Å². The molecule has 1 saturated heterocycles. The molecule has 6 N–H and O–H groups in total. The molecule has 0 bridgehead atoms. The normalized spacial score (nSPS) is 20.0. The van der Waals surface area contributed by atoms with Crippen molar-refractivity contribution in [1.29, 1.82) is 0 Å². The van der Waals surface area contributed by atoms with Crippen molar-refractivity contribution in [1.82, 2.24) is 21.3 Å². The van der Waals surface area contributed by atoms with E-state index in [1.165, 1.54) is 0 Å². The summed E-state index contributed by atoms with van der Waals surface area (Å²) in [6, 6.07) is -3.13. The summed E-state index contributed by atoms with van der Waals surface area (Å²) in [6.07, 6.45) is 0.0428. The fourth-order valence-corrected chi connectivity index (χ4v) is 4.37. The SMILES string of the molecule is CC(C)(C)C[C@H](NC(=O)[C@@H](NC(=O)OC(C)(C)C)C(C)(C)C)C(=O)N[C@@H](C[C@@H]1CC(C)(C)NC1=O)C(N)=O. The van der Waals surface area contributed by atoms with Gasteiger partial charge in [0, 0.05) is 11.5 Å². The van der Waals surface area contributed by atoms with E-state index >= 15 is 0 Å². The highest BCUT2D eigenvalue weighted by Gasteiger charge is 2.41. The molecule has 0 saturated carbocycles. The first-order chi connectivity index (χ1) is 16.9. The van der Waals surface area contributed by atoms with Crippen molar-refractivity contribution >= 4 is 29.7 Å². The van der Waals surface area contributed by atoms with Gasteiger partial charge in [-0.25, -0.2) is 4.79 Å². The molecule has 1 fully saturated rings. The highest BCUT2D eigenvalue weighted by molar-refractivity contribution is 5.94. The number of hydrogen-bond donors (Lipinski definition) is 5. The first kappa shape index (κ1) is 33.2. The zero-order valence-electron chi connectivity index (χ0n) is 25.0. The van der Waals surface area contributed by atoms with E-state index in [1.54, 1.807) is 41.5 Å². The van der Waals surface area contributed by atoms with Gasteiger partial charge in [-0.05, 0) is 64.7 Å². The Balaban J connectivity index is 3.12. The van der Waals surface area contributed by atoms with Crippen LogP contribution in [0.1, 0.15) is 95.4 Å². The van der Waals surface area contributed by atoms with Crippen LogP contribution in [0.3, 0.4) is 0 Å². The number of hydrogen-bond acceptors (Lipinski definition) is 6. The van der Waals surface area contributed by atoms with Crippen LogP contribution in [0, 0.1) is 16.7 Å². The summed E-state index contributed by atoms with van der Waals surface area (Å²) in [5.74, 6) is -2.62. The number of nitrogens with one attached hydrogen (secondary N) is 4. The summed E-state index contributed by atoms with van der Waals surface area (Å²) in [5.41, 5.74) is 3.33. The van der Waals surface area contributed by atoms with Gasteiger partial charge in [-0.3, -0.25) is 19.2 Å². The number of nitrogens with two attached hydrogens (primary N) is 1. The number of carbonyl (C=O) groups is 5. The van der Waals surface area contributed by atoms with Gasteiger partial charge in [0.2, 0.25) is 23.6 Å². The Bertz CT molecular complexity index is 910. The van der Waals surface area contributed by atoms with E-state index in [1.807, 2.05) is 34.6 Å². The molecule has 0 aromatic heterocycles. The predicted octanol–water partition coefficient (Wildman–Crippen LogP) is 2.12. The monoisotopic (exact) mass is 539 g/mol. The van der Waals surface area contributed by atoms with Gasteiger partial charge < -0.3 is 31.7 Å². The van der Waals surface area contributed by atoms with Gasteiger partial charge in [-0.1, -0.05) is 41.5 Å². The zero-order chi connectivity index (χ0) is 29.9. The molecule has 11 nitrogen and oxygen atoms in total. The van der Waals surface area contributed by atoms with Gasteiger partial charge in [0.15, 0.2) is 0 Å². The third-order valence-electron chi connectivity index (χ3n) is 6.01. The number of rotatable bonds is 9. The Kier molecular flexibility index (Phi) is 10.4. The maximum atomic E-state index is 13.4. The smallest absolute Gasteiger partial charge is 0.408 e. The minimum absolute atomic E-state index is 0.0529. The van der Waals surface area contributed by atoms with Gasteiger partial charge in [0.05, 0.1) is 0 Å². The lowest BCUT2D eigenvalue weighted by Crippen LogP contribution is -2.60. The summed E-state index contributed by atoms with van der Waals surface area (Å²) in [5, 5.41) is 10.9. The molecule has 0 radical (unpaired) electrons. The van der Waals surface area contributed by atoms with Crippen LogP contribution in [-0.4, -0.2) is 59.0 Å². The van der Waals surface area contributed by atoms with E-state index in [2.05, 4.69) is 21.3 Å². The van der Waals surface area contributed by atoms with Gasteiger partial charge in [-0.15, -0.1) is 0 Å². The Morgan fingerprint density at radius 2 is 1.47 bits per heavy atom. The number of amides is 5. The van der Waals surface area contributed by atoms with E-state index < -0.39 is 64.4 Å². The van der Waals surface area contributed by atoms with Crippen LogP contribution >= 0.6 is 0 Å². The quantitative estimate of drug-likeness (QED) is 0.301. The van der Waals surface area contributed by atoms with Crippen molar-refractivity contribution in [2.24, 2.45) is 22.5 Å². The third kappa shape index (κ3) is 11.3. The van der Waals surface area contributed by atoms with Crippen molar-refractivity contribution in [3.63, 3.8) is 0 Å². The summed E-state index contributed by atoms with van der Waals surface area (Å²) >= 11 is 0. The molecule has 0 aliphatic carbocycles. The first-order valence-corrected chi connectivity index (χ1v) is 13.1. The minimum atomic E-state index is -1.09. The average Bonchev–Trinajstić information content (AvgIpc) is 2.92. The molecule has 1 heterocycles. The minimum Gasteiger partial charge on any atom is -0.444 e. The number of alkyl carbamates (subject to hydrolysis) is 1.